The van der Waals surface area contributed by atoms with Crippen LogP contribution in [-0.4, -0.2) is 21.2 Å². The van der Waals surface area contributed by atoms with Gasteiger partial charge in [0.2, 0.25) is 0 Å². The van der Waals surface area contributed by atoms with Crippen molar-refractivity contribution in [2.75, 3.05) is 11.4 Å². The molecule has 4 nitrogen and oxygen atoms in total. The highest BCUT2D eigenvalue weighted by molar-refractivity contribution is 7.95. The van der Waals surface area contributed by atoms with Crippen molar-refractivity contribution >= 4 is 21.5 Å². The van der Waals surface area contributed by atoms with Crippen LogP contribution in [0, 0.1) is 0 Å². The molecule has 0 unspecified atom stereocenters. The van der Waals surface area contributed by atoms with Crippen LogP contribution in [0.4, 0.5) is 5.69 Å². The van der Waals surface area contributed by atoms with Gasteiger partial charge in [-0.25, -0.2) is 8.42 Å². The van der Waals surface area contributed by atoms with Crippen molar-refractivity contribution < 1.29 is 13.2 Å². The van der Waals surface area contributed by atoms with E-state index in [2.05, 4.69) is 6.58 Å². The van der Waals surface area contributed by atoms with Gasteiger partial charge < -0.3 is 0 Å². The van der Waals surface area contributed by atoms with Gasteiger partial charge in [0.25, 0.3) is 10.0 Å². The summed E-state index contributed by atoms with van der Waals surface area (Å²) in [6, 6.07) is 23.8. The van der Waals surface area contributed by atoms with Crippen molar-refractivity contribution in [2.24, 2.45) is 0 Å². The zero-order valence-electron chi connectivity index (χ0n) is 14.9. The molecule has 27 heavy (non-hydrogen) atoms. The number of sulfonamides is 1. The third-order valence-electron chi connectivity index (χ3n) is 4.33. The van der Waals surface area contributed by atoms with E-state index in [1.807, 2.05) is 42.5 Å². The van der Waals surface area contributed by atoms with Crippen LogP contribution in [0.3, 0.4) is 0 Å². The van der Waals surface area contributed by atoms with E-state index in [1.165, 1.54) is 7.05 Å². The minimum atomic E-state index is -3.69. The predicted octanol–water partition coefficient (Wildman–Crippen LogP) is 4.49. The molecular weight excluding hydrogens is 358 g/mol. The summed E-state index contributed by atoms with van der Waals surface area (Å²) in [5.74, 6) is -0.240. The maximum atomic E-state index is 13.0. The quantitative estimate of drug-likeness (QED) is 0.595. The molecule has 0 heterocycles. The number of ketones is 1. The average molecular weight is 377 g/mol. The van der Waals surface area contributed by atoms with E-state index in [9.17, 15) is 13.2 Å². The Bertz CT molecular complexity index is 1070. The number of rotatable bonds is 6. The number of para-hydroxylation sites is 1. The highest BCUT2D eigenvalue weighted by Gasteiger charge is 2.21. The third-order valence-corrected chi connectivity index (χ3v) is 5.72. The molecule has 0 atom stereocenters. The van der Waals surface area contributed by atoms with Crippen LogP contribution in [0.25, 0.3) is 11.1 Å². The minimum absolute atomic E-state index is 0.240. The van der Waals surface area contributed by atoms with Gasteiger partial charge in [0, 0.05) is 23.6 Å². The van der Waals surface area contributed by atoms with E-state index in [4.69, 9.17) is 0 Å². The van der Waals surface area contributed by atoms with Gasteiger partial charge in [0.1, 0.15) is 0 Å². The lowest BCUT2D eigenvalue weighted by Gasteiger charge is -2.20. The van der Waals surface area contributed by atoms with Gasteiger partial charge >= 0.3 is 0 Å². The molecule has 0 radical (unpaired) electrons. The summed E-state index contributed by atoms with van der Waals surface area (Å²) in [4.78, 5) is 13.0. The third kappa shape index (κ3) is 3.83. The van der Waals surface area contributed by atoms with Crippen molar-refractivity contribution in [1.82, 2.24) is 0 Å². The van der Waals surface area contributed by atoms with E-state index in [1.54, 1.807) is 36.4 Å². The first-order valence-electron chi connectivity index (χ1n) is 8.34. The Morgan fingerprint density at radius 2 is 1.41 bits per heavy atom. The summed E-state index contributed by atoms with van der Waals surface area (Å²) in [6.07, 6.45) is 0. The van der Waals surface area contributed by atoms with E-state index in [-0.39, 0.29) is 5.78 Å². The summed E-state index contributed by atoms with van der Waals surface area (Å²) in [5.41, 5.74) is 3.19. The molecule has 0 aliphatic rings. The molecule has 0 saturated heterocycles. The molecule has 3 aromatic carbocycles. The maximum Gasteiger partial charge on any atom is 0.256 e. The lowest BCUT2D eigenvalue weighted by Crippen LogP contribution is -2.26. The fourth-order valence-corrected chi connectivity index (χ4v) is 3.45. The summed E-state index contributed by atoms with van der Waals surface area (Å²) < 4.78 is 25.3. The summed E-state index contributed by atoms with van der Waals surface area (Å²) in [6.45, 7) is 3.34. The highest BCUT2D eigenvalue weighted by Crippen LogP contribution is 2.26. The monoisotopic (exact) mass is 377 g/mol. The van der Waals surface area contributed by atoms with Gasteiger partial charge in [-0.3, -0.25) is 9.10 Å². The van der Waals surface area contributed by atoms with Crippen molar-refractivity contribution in [1.29, 1.82) is 0 Å². The van der Waals surface area contributed by atoms with Crippen LogP contribution in [0.1, 0.15) is 15.9 Å². The number of hydrogen-bond acceptors (Lipinski definition) is 3. The Kier molecular flexibility index (Phi) is 5.23. The molecule has 3 rings (SSSR count). The SMILES string of the molecule is C=CS(=O)(=O)N(C)c1ccccc1C(=O)c1ccc(-c2ccccc2)cc1. The first kappa shape index (κ1) is 18.6. The molecule has 0 spiro atoms. The standard InChI is InChI=1S/C22H19NO3S/c1-3-27(25,26)23(2)21-12-8-7-11-20(21)22(24)19-15-13-18(14-16-19)17-9-5-4-6-10-17/h3-16H,1H2,2H3. The fraction of sp³-hybridized carbons (Fsp3) is 0.0455. The first-order chi connectivity index (χ1) is 12.9. The first-order valence-corrected chi connectivity index (χ1v) is 9.85. The second kappa shape index (κ2) is 7.60. The van der Waals surface area contributed by atoms with E-state index < -0.39 is 10.0 Å². The summed E-state index contributed by atoms with van der Waals surface area (Å²) in [5, 5.41) is 0.864. The van der Waals surface area contributed by atoms with Gasteiger partial charge in [-0.2, -0.15) is 0 Å². The number of carbonyl (C=O) groups excluding carboxylic acids is 1. The zero-order valence-corrected chi connectivity index (χ0v) is 15.7. The Morgan fingerprint density at radius 1 is 0.852 bits per heavy atom. The van der Waals surface area contributed by atoms with Crippen molar-refractivity contribution in [3.8, 4) is 11.1 Å². The fourth-order valence-electron chi connectivity index (χ4n) is 2.79. The molecule has 136 valence electrons. The van der Waals surface area contributed by atoms with Gasteiger partial charge in [0.05, 0.1) is 5.69 Å². The van der Waals surface area contributed by atoms with Crippen LogP contribution >= 0.6 is 0 Å². The molecule has 0 amide bonds. The molecule has 3 aromatic rings. The number of benzene rings is 3. The molecule has 0 aromatic heterocycles. The number of nitrogens with zero attached hydrogens (tertiary/aromatic N) is 1. The topological polar surface area (TPSA) is 54.5 Å². The van der Waals surface area contributed by atoms with Crippen LogP contribution in [-0.2, 0) is 10.0 Å². The zero-order chi connectivity index (χ0) is 19.4. The van der Waals surface area contributed by atoms with Crippen molar-refractivity contribution in [3.05, 3.63) is 102 Å². The van der Waals surface area contributed by atoms with Crippen molar-refractivity contribution in [2.45, 2.75) is 0 Å². The summed E-state index contributed by atoms with van der Waals surface area (Å²) in [7, 11) is -2.28. The van der Waals surface area contributed by atoms with Gasteiger partial charge in [-0.05, 0) is 23.3 Å². The smallest absolute Gasteiger partial charge is 0.256 e. The van der Waals surface area contributed by atoms with Crippen LogP contribution in [0.5, 0.6) is 0 Å². The Labute approximate surface area is 159 Å². The van der Waals surface area contributed by atoms with E-state index in [0.29, 0.717) is 16.8 Å². The second-order valence-electron chi connectivity index (χ2n) is 5.97. The molecule has 0 saturated carbocycles. The van der Waals surface area contributed by atoms with Crippen LogP contribution in [0.2, 0.25) is 0 Å². The maximum absolute atomic E-state index is 13.0. The van der Waals surface area contributed by atoms with Crippen LogP contribution in [0.15, 0.2) is 90.8 Å². The number of carbonyl (C=O) groups is 1. The highest BCUT2D eigenvalue weighted by atomic mass is 32.2. The van der Waals surface area contributed by atoms with Gasteiger partial charge in [-0.1, -0.05) is 73.3 Å². The lowest BCUT2D eigenvalue weighted by molar-refractivity contribution is 0.103. The van der Waals surface area contributed by atoms with Gasteiger partial charge in [-0.15, -0.1) is 0 Å². The molecule has 0 fully saturated rings. The Hall–Kier alpha value is -3.18. The normalized spacial score (nSPS) is 11.0. The minimum Gasteiger partial charge on any atom is -0.289 e. The van der Waals surface area contributed by atoms with Crippen molar-refractivity contribution in [3.63, 3.8) is 0 Å². The second-order valence-corrected chi connectivity index (χ2v) is 7.88. The molecule has 0 N–H and O–H groups in total. The van der Waals surface area contributed by atoms with E-state index in [0.717, 1.165) is 20.8 Å². The summed E-state index contributed by atoms with van der Waals surface area (Å²) >= 11 is 0. The number of anilines is 1. The molecule has 5 heteroatoms. The van der Waals surface area contributed by atoms with E-state index >= 15 is 0 Å². The molecule has 0 aliphatic heterocycles. The van der Waals surface area contributed by atoms with Gasteiger partial charge in [0.15, 0.2) is 5.78 Å². The largest absolute Gasteiger partial charge is 0.289 e. The molecular formula is C22H19NO3S. The number of hydrogen-bond donors (Lipinski definition) is 0. The average Bonchev–Trinajstić information content (AvgIpc) is 2.73. The lowest BCUT2D eigenvalue weighted by atomic mass is 9.98. The van der Waals surface area contributed by atoms with Crippen LogP contribution < -0.4 is 4.31 Å². The molecule has 0 bridgehead atoms. The Morgan fingerprint density at radius 3 is 2.04 bits per heavy atom. The Balaban J connectivity index is 1.96. The molecule has 0 aliphatic carbocycles. The predicted molar refractivity (Wildman–Crippen MR) is 109 cm³/mol.